The number of epoxide rings is 1. The zero-order chi connectivity index (χ0) is 10.6. The van der Waals surface area contributed by atoms with Gasteiger partial charge in [-0.05, 0) is 27.2 Å². The number of nitrogens with zero attached hydrogens (tertiary/aromatic N) is 1. The fourth-order valence-electron chi connectivity index (χ4n) is 1.99. The fraction of sp³-hybridized carbons (Fsp3) is 1.00. The largest absolute Gasteiger partial charge is 0.368 e. The molecule has 0 N–H and O–H groups in total. The van der Waals surface area contributed by atoms with Gasteiger partial charge in [0.2, 0.25) is 10.0 Å². The Labute approximate surface area is 85.3 Å². The third-order valence-electron chi connectivity index (χ3n) is 3.59. The molecule has 1 unspecified atom stereocenters. The molecule has 0 aromatic heterocycles. The summed E-state index contributed by atoms with van der Waals surface area (Å²) in [7, 11) is -3.03. The van der Waals surface area contributed by atoms with Crippen molar-refractivity contribution in [2.24, 2.45) is 0 Å². The third-order valence-corrected chi connectivity index (χ3v) is 5.71. The van der Waals surface area contributed by atoms with Gasteiger partial charge in [-0.25, -0.2) is 8.42 Å². The van der Waals surface area contributed by atoms with Gasteiger partial charge in [-0.15, -0.1) is 0 Å². The number of sulfonamides is 1. The van der Waals surface area contributed by atoms with Crippen LogP contribution in [0.1, 0.15) is 27.2 Å². The molecule has 0 radical (unpaired) electrons. The SMILES string of the molecule is CC1(C(C)(C)N2CCCS2(=O)=O)CO1. The number of ether oxygens (including phenoxy) is 1. The van der Waals surface area contributed by atoms with Gasteiger partial charge >= 0.3 is 0 Å². The van der Waals surface area contributed by atoms with E-state index < -0.39 is 15.6 Å². The Morgan fingerprint density at radius 1 is 1.43 bits per heavy atom. The molecule has 5 heteroatoms. The second-order valence-corrected chi connectivity index (χ2v) is 6.83. The molecule has 0 bridgehead atoms. The topological polar surface area (TPSA) is 49.9 Å². The van der Waals surface area contributed by atoms with E-state index in [4.69, 9.17) is 4.74 Å². The molecule has 82 valence electrons. The van der Waals surface area contributed by atoms with Gasteiger partial charge in [0, 0.05) is 6.54 Å². The van der Waals surface area contributed by atoms with Crippen molar-refractivity contribution in [2.45, 2.75) is 38.3 Å². The van der Waals surface area contributed by atoms with Crippen molar-refractivity contribution in [3.63, 3.8) is 0 Å². The number of hydrogen-bond acceptors (Lipinski definition) is 3. The summed E-state index contributed by atoms with van der Waals surface area (Å²) in [6.07, 6.45) is 0.738. The Kier molecular flexibility index (Phi) is 2.01. The van der Waals surface area contributed by atoms with Gasteiger partial charge < -0.3 is 4.74 Å². The Morgan fingerprint density at radius 3 is 2.36 bits per heavy atom. The molecule has 2 aliphatic rings. The highest BCUT2D eigenvalue weighted by Crippen LogP contribution is 2.43. The molecule has 2 fully saturated rings. The zero-order valence-corrected chi connectivity index (χ0v) is 9.73. The van der Waals surface area contributed by atoms with E-state index in [1.54, 1.807) is 4.31 Å². The molecular weight excluding hydrogens is 202 g/mol. The van der Waals surface area contributed by atoms with E-state index in [2.05, 4.69) is 0 Å². The van der Waals surface area contributed by atoms with Crippen LogP contribution in [0.5, 0.6) is 0 Å². The molecule has 0 spiro atoms. The van der Waals surface area contributed by atoms with Crippen LogP contribution in [0.3, 0.4) is 0 Å². The van der Waals surface area contributed by atoms with Gasteiger partial charge in [0.25, 0.3) is 0 Å². The maximum atomic E-state index is 11.8. The predicted molar refractivity (Wildman–Crippen MR) is 53.5 cm³/mol. The first kappa shape index (κ1) is 10.4. The highest BCUT2D eigenvalue weighted by Gasteiger charge is 2.58. The lowest BCUT2D eigenvalue weighted by Gasteiger charge is -2.37. The van der Waals surface area contributed by atoms with Crippen LogP contribution in [-0.2, 0) is 14.8 Å². The van der Waals surface area contributed by atoms with Crippen LogP contribution in [0, 0.1) is 0 Å². The van der Waals surface area contributed by atoms with Crippen LogP contribution >= 0.6 is 0 Å². The monoisotopic (exact) mass is 219 g/mol. The first-order valence-corrected chi connectivity index (χ1v) is 6.55. The van der Waals surface area contributed by atoms with Crippen LogP contribution in [0.25, 0.3) is 0 Å². The molecule has 0 aromatic carbocycles. The van der Waals surface area contributed by atoms with Crippen molar-refractivity contribution in [3.8, 4) is 0 Å². The summed E-state index contributed by atoms with van der Waals surface area (Å²) in [6.45, 7) is 7.16. The van der Waals surface area contributed by atoms with Crippen LogP contribution in [0.2, 0.25) is 0 Å². The van der Waals surface area contributed by atoms with Gasteiger partial charge in [0.05, 0.1) is 17.9 Å². The average molecular weight is 219 g/mol. The lowest BCUT2D eigenvalue weighted by molar-refractivity contribution is 0.119. The summed E-state index contributed by atoms with van der Waals surface area (Å²) in [5.41, 5.74) is -0.702. The normalized spacial score (nSPS) is 37.4. The summed E-state index contributed by atoms with van der Waals surface area (Å²) >= 11 is 0. The predicted octanol–water partition coefficient (Wildman–Crippen LogP) is 0.589. The summed E-state index contributed by atoms with van der Waals surface area (Å²) in [6, 6.07) is 0. The minimum Gasteiger partial charge on any atom is -0.368 e. The van der Waals surface area contributed by atoms with Crippen LogP contribution in [0.15, 0.2) is 0 Å². The van der Waals surface area contributed by atoms with Crippen molar-refractivity contribution in [1.29, 1.82) is 0 Å². The molecule has 4 nitrogen and oxygen atoms in total. The van der Waals surface area contributed by atoms with E-state index in [9.17, 15) is 8.42 Å². The second-order valence-electron chi connectivity index (χ2n) is 4.82. The second kappa shape index (κ2) is 2.71. The summed E-state index contributed by atoms with van der Waals surface area (Å²) < 4.78 is 30.5. The van der Waals surface area contributed by atoms with Crippen LogP contribution < -0.4 is 0 Å². The first-order valence-electron chi connectivity index (χ1n) is 4.94. The van der Waals surface area contributed by atoms with Crippen molar-refractivity contribution < 1.29 is 13.2 Å². The number of rotatable bonds is 2. The first-order chi connectivity index (χ1) is 6.30. The standard InChI is InChI=1S/C9H17NO3S/c1-8(2,9(3)7-13-9)10-5-4-6-14(10,11)12/h4-7H2,1-3H3. The van der Waals surface area contributed by atoms with Crippen molar-refractivity contribution >= 4 is 10.0 Å². The maximum Gasteiger partial charge on any atom is 0.214 e. The molecule has 2 aliphatic heterocycles. The zero-order valence-electron chi connectivity index (χ0n) is 8.91. The van der Waals surface area contributed by atoms with E-state index >= 15 is 0 Å². The van der Waals surface area contributed by atoms with Gasteiger partial charge in [-0.3, -0.25) is 0 Å². The summed E-state index contributed by atoms with van der Waals surface area (Å²) in [5.74, 6) is 0.284. The Morgan fingerprint density at radius 2 is 2.00 bits per heavy atom. The molecule has 2 rings (SSSR count). The maximum absolute atomic E-state index is 11.8. The van der Waals surface area contributed by atoms with E-state index in [0.29, 0.717) is 13.2 Å². The number of hydrogen-bond donors (Lipinski definition) is 0. The molecule has 0 aromatic rings. The lowest BCUT2D eigenvalue weighted by Crippen LogP contribution is -2.54. The Balaban J connectivity index is 2.31. The Hall–Kier alpha value is -0.130. The molecule has 2 saturated heterocycles. The van der Waals surface area contributed by atoms with Gasteiger partial charge in [-0.1, -0.05) is 0 Å². The smallest absolute Gasteiger partial charge is 0.214 e. The van der Waals surface area contributed by atoms with Gasteiger partial charge in [0.15, 0.2) is 0 Å². The van der Waals surface area contributed by atoms with Crippen LogP contribution in [-0.4, -0.2) is 42.8 Å². The van der Waals surface area contributed by atoms with E-state index in [0.717, 1.165) is 6.42 Å². The highest BCUT2D eigenvalue weighted by molar-refractivity contribution is 7.89. The van der Waals surface area contributed by atoms with Crippen molar-refractivity contribution in [1.82, 2.24) is 4.31 Å². The van der Waals surface area contributed by atoms with Crippen molar-refractivity contribution in [2.75, 3.05) is 18.9 Å². The molecule has 2 heterocycles. The van der Waals surface area contributed by atoms with E-state index in [-0.39, 0.29) is 11.4 Å². The van der Waals surface area contributed by atoms with E-state index in [1.165, 1.54) is 0 Å². The molecule has 0 amide bonds. The average Bonchev–Trinajstić information content (AvgIpc) is 2.68. The fourth-order valence-corrected chi connectivity index (χ4v) is 4.00. The lowest BCUT2D eigenvalue weighted by atomic mass is 9.89. The molecule has 14 heavy (non-hydrogen) atoms. The highest BCUT2D eigenvalue weighted by atomic mass is 32.2. The molecule has 1 atom stereocenters. The van der Waals surface area contributed by atoms with Gasteiger partial charge in [0.1, 0.15) is 5.60 Å². The molecule has 0 saturated carbocycles. The molecule has 0 aliphatic carbocycles. The summed E-state index contributed by atoms with van der Waals surface area (Å²) in [5, 5.41) is 0. The van der Waals surface area contributed by atoms with Crippen molar-refractivity contribution in [3.05, 3.63) is 0 Å². The third kappa shape index (κ3) is 1.30. The summed E-state index contributed by atoms with van der Waals surface area (Å²) in [4.78, 5) is 0. The quantitative estimate of drug-likeness (QED) is 0.639. The van der Waals surface area contributed by atoms with Crippen LogP contribution in [0.4, 0.5) is 0 Å². The molecular formula is C9H17NO3S. The van der Waals surface area contributed by atoms with Gasteiger partial charge in [-0.2, -0.15) is 4.31 Å². The minimum atomic E-state index is -3.03. The Bertz CT molecular complexity index is 343. The minimum absolute atomic E-state index is 0.284. The van der Waals surface area contributed by atoms with E-state index in [1.807, 2.05) is 20.8 Å².